The van der Waals surface area contributed by atoms with E-state index in [-0.39, 0.29) is 10.8 Å². The van der Waals surface area contributed by atoms with Crippen molar-refractivity contribution in [1.29, 1.82) is 0 Å². The van der Waals surface area contributed by atoms with Crippen molar-refractivity contribution in [3.8, 4) is 0 Å². The molecule has 0 aliphatic heterocycles. The number of nitrogens with zero attached hydrogens (tertiary/aromatic N) is 1. The Morgan fingerprint density at radius 2 is 1.67 bits per heavy atom. The van der Waals surface area contributed by atoms with Gasteiger partial charge in [0.15, 0.2) is 12.4 Å². The molecule has 3 aromatic rings. The number of amides is 1. The number of aryl methyl sites for hydroxylation is 1. The fourth-order valence-corrected chi connectivity index (χ4v) is 3.70. The molecule has 0 aliphatic rings. The summed E-state index contributed by atoms with van der Waals surface area (Å²) in [5, 5.41) is 0. The minimum absolute atomic E-state index is 0.191. The second kappa shape index (κ2) is 9.38. The molecule has 1 amide bonds. The maximum atomic E-state index is 12.4. The minimum atomic E-state index is -3.67. The lowest BCUT2D eigenvalue weighted by Gasteiger charge is -2.11. The number of hydrogen-bond donors (Lipinski definition) is 3. The third kappa shape index (κ3) is 5.56. The molecule has 2 aromatic carbocycles. The van der Waals surface area contributed by atoms with Crippen molar-refractivity contribution in [2.75, 3.05) is 17.3 Å². The van der Waals surface area contributed by atoms with Crippen LogP contribution in [0.25, 0.3) is 0 Å². The van der Waals surface area contributed by atoms with Crippen molar-refractivity contribution >= 4 is 27.3 Å². The third-order valence-electron chi connectivity index (χ3n) is 4.19. The lowest BCUT2D eigenvalue weighted by molar-refractivity contribution is -0.731. The highest BCUT2D eigenvalue weighted by atomic mass is 32.2. The average Bonchev–Trinajstić information content (AvgIpc) is 2.73. The SMILES string of the molecule is COC[n+]1cccc(C(=O)NNc2ccc(NS(=O)(=O)c3ccc(C)cc3)cc2)c1. The Bertz CT molecular complexity index is 1110. The fourth-order valence-electron chi connectivity index (χ4n) is 2.64. The van der Waals surface area contributed by atoms with Crippen LogP contribution in [-0.4, -0.2) is 21.4 Å². The van der Waals surface area contributed by atoms with Gasteiger partial charge in [0.1, 0.15) is 5.56 Å². The highest BCUT2D eigenvalue weighted by Gasteiger charge is 2.14. The molecule has 3 rings (SSSR count). The Kier molecular flexibility index (Phi) is 6.65. The number of carbonyl (C=O) groups excluding carboxylic acids is 1. The Balaban J connectivity index is 1.60. The Hall–Kier alpha value is -3.43. The van der Waals surface area contributed by atoms with Crippen LogP contribution < -0.4 is 20.1 Å². The van der Waals surface area contributed by atoms with Crippen LogP contribution in [0.15, 0.2) is 78.0 Å². The smallest absolute Gasteiger partial charge is 0.275 e. The minimum Gasteiger partial charge on any atom is -0.327 e. The van der Waals surface area contributed by atoms with E-state index in [4.69, 9.17) is 4.74 Å². The molecule has 8 nitrogen and oxygen atoms in total. The van der Waals surface area contributed by atoms with E-state index < -0.39 is 10.0 Å². The van der Waals surface area contributed by atoms with E-state index in [0.717, 1.165) is 5.56 Å². The van der Waals surface area contributed by atoms with E-state index in [1.54, 1.807) is 84.7 Å². The van der Waals surface area contributed by atoms with Gasteiger partial charge in [0, 0.05) is 18.9 Å². The lowest BCUT2D eigenvalue weighted by atomic mass is 10.2. The molecule has 30 heavy (non-hydrogen) atoms. The number of hydrazine groups is 1. The molecule has 0 unspecified atom stereocenters. The van der Waals surface area contributed by atoms with E-state index in [9.17, 15) is 13.2 Å². The van der Waals surface area contributed by atoms with Gasteiger partial charge in [-0.25, -0.2) is 8.42 Å². The number of sulfonamides is 1. The molecule has 3 N–H and O–H groups in total. The molecular weight excluding hydrogens is 404 g/mol. The van der Waals surface area contributed by atoms with Crippen LogP contribution >= 0.6 is 0 Å². The van der Waals surface area contributed by atoms with Crippen LogP contribution in [0.4, 0.5) is 11.4 Å². The van der Waals surface area contributed by atoms with E-state index in [0.29, 0.717) is 23.7 Å². The van der Waals surface area contributed by atoms with Gasteiger partial charge in [0.05, 0.1) is 10.6 Å². The topological polar surface area (TPSA) is 100 Å². The van der Waals surface area contributed by atoms with Gasteiger partial charge in [-0.3, -0.25) is 20.4 Å². The largest absolute Gasteiger partial charge is 0.327 e. The van der Waals surface area contributed by atoms with Crippen molar-refractivity contribution < 1.29 is 22.5 Å². The molecule has 0 aliphatic carbocycles. The zero-order valence-corrected chi connectivity index (χ0v) is 17.4. The monoisotopic (exact) mass is 427 g/mol. The molecule has 156 valence electrons. The van der Waals surface area contributed by atoms with Crippen LogP contribution in [0.2, 0.25) is 0 Å². The van der Waals surface area contributed by atoms with Crippen LogP contribution in [0.5, 0.6) is 0 Å². The van der Waals surface area contributed by atoms with Gasteiger partial charge in [-0.15, -0.1) is 0 Å². The summed E-state index contributed by atoms with van der Waals surface area (Å²) in [6.07, 6.45) is 3.47. The summed E-state index contributed by atoms with van der Waals surface area (Å²) >= 11 is 0. The quantitative estimate of drug-likeness (QED) is 0.379. The molecule has 9 heteroatoms. The summed E-state index contributed by atoms with van der Waals surface area (Å²) in [7, 11) is -2.09. The maximum Gasteiger partial charge on any atom is 0.275 e. The van der Waals surface area contributed by atoms with Crippen LogP contribution in [0, 0.1) is 6.92 Å². The molecule has 0 saturated carbocycles. The number of anilines is 2. The molecule has 0 atom stereocenters. The van der Waals surface area contributed by atoms with Gasteiger partial charge in [-0.05, 0) is 49.4 Å². The number of carbonyl (C=O) groups is 1. The van der Waals surface area contributed by atoms with Crippen molar-refractivity contribution in [3.63, 3.8) is 0 Å². The first-order valence-corrected chi connectivity index (χ1v) is 10.6. The third-order valence-corrected chi connectivity index (χ3v) is 5.58. The second-order valence-electron chi connectivity index (χ2n) is 6.60. The Morgan fingerprint density at radius 3 is 2.33 bits per heavy atom. The first kappa shape index (κ1) is 21.3. The number of methoxy groups -OCH3 is 1. The Morgan fingerprint density at radius 1 is 1.00 bits per heavy atom. The molecule has 0 saturated heterocycles. The normalized spacial score (nSPS) is 11.0. The van der Waals surface area contributed by atoms with Gasteiger partial charge in [-0.1, -0.05) is 17.7 Å². The van der Waals surface area contributed by atoms with Gasteiger partial charge >= 0.3 is 0 Å². The number of rotatable bonds is 8. The average molecular weight is 428 g/mol. The number of hydrogen-bond acceptors (Lipinski definition) is 5. The predicted molar refractivity (Wildman–Crippen MR) is 113 cm³/mol. The van der Waals surface area contributed by atoms with Crippen molar-refractivity contribution in [1.82, 2.24) is 5.43 Å². The lowest BCUT2D eigenvalue weighted by Crippen LogP contribution is -2.37. The zero-order chi connectivity index (χ0) is 21.6. The summed E-state index contributed by atoms with van der Waals surface area (Å²) in [5.74, 6) is -0.315. The van der Waals surface area contributed by atoms with Crippen molar-refractivity contribution in [2.24, 2.45) is 0 Å². The van der Waals surface area contributed by atoms with Gasteiger partial charge in [0.2, 0.25) is 0 Å². The molecule has 1 heterocycles. The van der Waals surface area contributed by atoms with E-state index >= 15 is 0 Å². The number of aromatic nitrogens is 1. The standard InChI is InChI=1S/C21H22N4O4S/c1-16-5-11-20(12-6-16)30(27,28)24-19-9-7-18(8-10-19)22-23-21(26)17-4-3-13-25(14-17)15-29-2/h3-14,22,24H,15H2,1-2H3/p+1. The summed E-state index contributed by atoms with van der Waals surface area (Å²) in [6.45, 7) is 2.23. The molecule has 0 bridgehead atoms. The highest BCUT2D eigenvalue weighted by molar-refractivity contribution is 7.92. The predicted octanol–water partition coefficient (Wildman–Crippen LogP) is 2.44. The molecule has 1 aromatic heterocycles. The zero-order valence-electron chi connectivity index (χ0n) is 16.6. The van der Waals surface area contributed by atoms with Gasteiger partial charge < -0.3 is 4.74 Å². The van der Waals surface area contributed by atoms with Gasteiger partial charge in [-0.2, -0.15) is 4.57 Å². The molecule has 0 spiro atoms. The van der Waals surface area contributed by atoms with Crippen LogP contribution in [0.3, 0.4) is 0 Å². The van der Waals surface area contributed by atoms with Crippen LogP contribution in [0.1, 0.15) is 15.9 Å². The first-order valence-electron chi connectivity index (χ1n) is 9.11. The maximum absolute atomic E-state index is 12.4. The number of pyridine rings is 1. The number of benzene rings is 2. The highest BCUT2D eigenvalue weighted by Crippen LogP contribution is 2.18. The van der Waals surface area contributed by atoms with Crippen molar-refractivity contribution in [3.05, 3.63) is 84.2 Å². The number of nitrogens with one attached hydrogen (secondary N) is 3. The summed E-state index contributed by atoms with van der Waals surface area (Å²) in [4.78, 5) is 12.5. The number of ether oxygens (including phenoxy) is 1. The summed E-state index contributed by atoms with van der Waals surface area (Å²) in [5.41, 5.74) is 7.86. The fraction of sp³-hybridized carbons (Fsp3) is 0.143. The molecular formula is C21H23N4O4S+. The van der Waals surface area contributed by atoms with Gasteiger partial charge in [0.25, 0.3) is 22.7 Å². The summed E-state index contributed by atoms with van der Waals surface area (Å²) in [6, 6.07) is 16.6. The van der Waals surface area contributed by atoms with Crippen molar-refractivity contribution in [2.45, 2.75) is 18.6 Å². The molecule has 0 radical (unpaired) electrons. The van der Waals surface area contributed by atoms with Crippen LogP contribution in [-0.2, 0) is 21.5 Å². The first-order chi connectivity index (χ1) is 14.4. The summed E-state index contributed by atoms with van der Waals surface area (Å²) < 4.78 is 34.2. The second-order valence-corrected chi connectivity index (χ2v) is 8.28. The van der Waals surface area contributed by atoms with E-state index in [1.807, 2.05) is 6.92 Å². The Labute approximate surface area is 175 Å². The van der Waals surface area contributed by atoms with E-state index in [1.165, 1.54) is 0 Å². The van der Waals surface area contributed by atoms with E-state index in [2.05, 4.69) is 15.6 Å². The molecule has 0 fully saturated rings.